The van der Waals surface area contributed by atoms with Crippen molar-refractivity contribution >= 4 is 82.0 Å². The van der Waals surface area contributed by atoms with E-state index in [4.69, 9.17) is 9.57 Å². The van der Waals surface area contributed by atoms with Crippen LogP contribution < -0.4 is 15.4 Å². The number of aryl methyl sites for hydroxylation is 1. The maximum Gasteiger partial charge on any atom is 0.737 e. The molecule has 6 rings (SSSR count). The lowest BCUT2D eigenvalue weighted by Crippen LogP contribution is -2.51. The van der Waals surface area contributed by atoms with Crippen molar-refractivity contribution in [2.24, 2.45) is 0 Å². The highest BCUT2D eigenvalue weighted by Crippen LogP contribution is 2.40. The molecular formula is C44H54BF2N6O10S2+. The zero-order chi connectivity index (χ0) is 47.1. The van der Waals surface area contributed by atoms with Crippen molar-refractivity contribution < 1.29 is 64.1 Å². The van der Waals surface area contributed by atoms with Crippen LogP contribution in [0.3, 0.4) is 0 Å². The predicted octanol–water partition coefficient (Wildman–Crippen LogP) is 4.96. The second-order valence-corrected chi connectivity index (χ2v) is 19.6. The second-order valence-electron chi connectivity index (χ2n) is 17.2. The molecule has 3 aliphatic heterocycles. The van der Waals surface area contributed by atoms with Gasteiger partial charge in [0, 0.05) is 67.8 Å². The van der Waals surface area contributed by atoms with E-state index >= 15 is 8.63 Å². The Morgan fingerprint density at radius 1 is 1.00 bits per heavy atom. The highest BCUT2D eigenvalue weighted by Gasteiger charge is 2.54. The summed E-state index contributed by atoms with van der Waals surface area (Å²) in [4.78, 5) is 66.1. The number of quaternary nitrogens is 1. The summed E-state index contributed by atoms with van der Waals surface area (Å²) in [6.45, 7) is -1.42. The summed E-state index contributed by atoms with van der Waals surface area (Å²) in [5, 5.41) is 7.10. The molecule has 0 spiro atoms. The summed E-state index contributed by atoms with van der Waals surface area (Å²) in [7, 11) is 1.70. The third-order valence-corrected chi connectivity index (χ3v) is 12.5. The minimum Gasteiger partial charge on any atom is -0.494 e. The molecule has 348 valence electrons. The summed E-state index contributed by atoms with van der Waals surface area (Å²) in [5.74, 6) is -4.14. The van der Waals surface area contributed by atoms with Crippen LogP contribution in [0.2, 0.25) is 0 Å². The van der Waals surface area contributed by atoms with Gasteiger partial charge in [-0.3, -0.25) is 23.7 Å². The van der Waals surface area contributed by atoms with Crippen LogP contribution in [-0.4, -0.2) is 126 Å². The summed E-state index contributed by atoms with van der Waals surface area (Å²) >= 11 is 1.44. The molecule has 16 nitrogen and oxygen atoms in total. The number of aromatic nitrogens is 1. The first kappa shape index (κ1) is 48.7. The SMILES string of the molecule is Cc1cc(/C=C/c2ccc(OCCCC(=O)NC(CS(=O)(=O)O)C(=O)NCCCCC(=O)ON3C(=O)CCC3=O)cc2)n2c1C=C1C(CCC[N+](C)(C)C)=CC(c3cccs3)=[N+]1[B-]2(F)F. The number of fused-ring (bicyclic) bond motifs is 2. The quantitative estimate of drug-likeness (QED) is 0.0408. The van der Waals surface area contributed by atoms with E-state index < -0.39 is 58.5 Å². The molecule has 3 aromatic rings. The third kappa shape index (κ3) is 12.7. The van der Waals surface area contributed by atoms with Gasteiger partial charge < -0.3 is 42.3 Å². The van der Waals surface area contributed by atoms with E-state index in [1.54, 1.807) is 42.5 Å². The van der Waals surface area contributed by atoms with Crippen molar-refractivity contribution in [3.8, 4) is 5.75 Å². The number of hydroxylamine groups is 2. The maximum atomic E-state index is 16.9. The lowest BCUT2D eigenvalue weighted by molar-refractivity contribution is -0.870. The zero-order valence-electron chi connectivity index (χ0n) is 36.8. The molecule has 3 aliphatic rings. The normalized spacial score (nSPS) is 16.3. The van der Waals surface area contributed by atoms with Crippen LogP contribution >= 0.6 is 11.3 Å². The molecule has 3 N–H and O–H groups in total. The fourth-order valence-corrected chi connectivity index (χ4v) is 9.11. The molecule has 1 fully saturated rings. The van der Waals surface area contributed by atoms with Crippen molar-refractivity contribution in [3.63, 3.8) is 0 Å². The van der Waals surface area contributed by atoms with Crippen LogP contribution in [0.15, 0.2) is 65.2 Å². The standard InChI is InChI=1S/C44H53BF2N6O10S2/c1-30-26-33(50-36(30)28-37-32(10-7-23-53(2,3)4)27-38(39-11-9-25-64-39)51(37)45(50,46)47)17-14-31-15-18-34(19-16-31)62-24-8-12-40(54)49-35(29-65(59,60)61)44(58)48-22-6-5-13-43(57)63-52-41(55)20-21-42(52)56/h9,11,14-19,25-28,35H,5-8,10,12-13,20-24,29H2,1-4H3,(H2-,48,49,54,58,59,60,61)/p+1/b17-14+. The van der Waals surface area contributed by atoms with Gasteiger partial charge in [0.25, 0.3) is 21.9 Å². The van der Waals surface area contributed by atoms with Gasteiger partial charge in [-0.1, -0.05) is 24.3 Å². The van der Waals surface area contributed by atoms with Crippen LogP contribution in [0.4, 0.5) is 8.63 Å². The summed E-state index contributed by atoms with van der Waals surface area (Å²) in [6.07, 6.45) is 9.05. The molecule has 1 unspecified atom stereocenters. The van der Waals surface area contributed by atoms with Crippen LogP contribution in [0.5, 0.6) is 5.75 Å². The molecule has 1 atom stereocenters. The summed E-state index contributed by atoms with van der Waals surface area (Å²) < 4.78 is 75.4. The first-order chi connectivity index (χ1) is 30.7. The molecule has 0 aliphatic carbocycles. The van der Waals surface area contributed by atoms with E-state index in [9.17, 15) is 36.9 Å². The van der Waals surface area contributed by atoms with E-state index in [2.05, 4.69) is 31.8 Å². The Kier molecular flexibility index (Phi) is 15.4. The molecule has 0 saturated carbocycles. The van der Waals surface area contributed by atoms with Crippen LogP contribution in [-0.2, 0) is 38.9 Å². The van der Waals surface area contributed by atoms with Gasteiger partial charge in [-0.25, -0.2) is 4.79 Å². The number of carbonyl (C=O) groups excluding carboxylic acids is 5. The Bertz CT molecular complexity index is 2530. The number of benzene rings is 1. The minimum atomic E-state index is -4.66. The van der Waals surface area contributed by atoms with Crippen molar-refractivity contribution in [2.75, 3.05) is 46.6 Å². The molecule has 0 bridgehead atoms. The van der Waals surface area contributed by atoms with Crippen LogP contribution in [0.25, 0.3) is 18.2 Å². The maximum absolute atomic E-state index is 16.9. The Labute approximate surface area is 380 Å². The van der Waals surface area contributed by atoms with Crippen molar-refractivity contribution in [2.45, 2.75) is 70.8 Å². The smallest absolute Gasteiger partial charge is 0.494 e. The van der Waals surface area contributed by atoms with Crippen molar-refractivity contribution in [1.82, 2.24) is 20.2 Å². The second kappa shape index (κ2) is 20.6. The van der Waals surface area contributed by atoms with Gasteiger partial charge in [0.05, 0.1) is 39.2 Å². The molecule has 0 radical (unpaired) electrons. The van der Waals surface area contributed by atoms with Gasteiger partial charge >= 0.3 is 12.9 Å². The van der Waals surface area contributed by atoms with Gasteiger partial charge in [-0.05, 0) is 79.5 Å². The Morgan fingerprint density at radius 2 is 1.72 bits per heavy atom. The van der Waals surface area contributed by atoms with Gasteiger partial charge in [0.15, 0.2) is 11.4 Å². The number of unbranched alkanes of at least 4 members (excludes halogenated alkanes) is 1. The minimum absolute atomic E-state index is 0.0116. The number of rotatable bonds is 22. The topological polar surface area (TPSA) is 193 Å². The molecule has 65 heavy (non-hydrogen) atoms. The first-order valence-corrected chi connectivity index (χ1v) is 23.9. The Balaban J connectivity index is 0.991. The number of nitrogens with zero attached hydrogens (tertiary/aromatic N) is 4. The van der Waals surface area contributed by atoms with E-state index in [0.29, 0.717) is 40.0 Å². The number of ether oxygens (including phenoxy) is 1. The monoisotopic (exact) mass is 939 g/mol. The third-order valence-electron chi connectivity index (χ3n) is 10.9. The van der Waals surface area contributed by atoms with E-state index in [0.717, 1.165) is 43.5 Å². The van der Waals surface area contributed by atoms with E-state index in [1.165, 1.54) is 15.8 Å². The van der Waals surface area contributed by atoms with Gasteiger partial charge in [-0.2, -0.15) is 8.42 Å². The number of amides is 4. The number of hydrogen-bond acceptors (Lipinski definition) is 10. The zero-order valence-corrected chi connectivity index (χ0v) is 38.4. The number of halogens is 2. The summed E-state index contributed by atoms with van der Waals surface area (Å²) in [6, 6.07) is 10.9. The van der Waals surface area contributed by atoms with E-state index in [1.807, 2.05) is 36.6 Å². The number of carbonyl (C=O) groups is 5. The van der Waals surface area contributed by atoms with Gasteiger partial charge in [-0.15, -0.1) is 16.4 Å². The molecule has 1 aromatic carbocycles. The Hall–Kier alpha value is -5.77. The number of hydrogen-bond donors (Lipinski definition) is 3. The average molecular weight is 940 g/mol. The number of nitrogens with one attached hydrogen (secondary N) is 2. The fraction of sp³-hybridized carbons (Fsp3) is 0.409. The molecule has 4 amide bonds. The van der Waals surface area contributed by atoms with Gasteiger partial charge in [0.2, 0.25) is 11.8 Å². The van der Waals surface area contributed by atoms with Crippen LogP contribution in [0.1, 0.15) is 85.2 Å². The predicted molar refractivity (Wildman–Crippen MR) is 242 cm³/mol. The molecule has 2 aromatic heterocycles. The lowest BCUT2D eigenvalue weighted by Gasteiger charge is -2.31. The van der Waals surface area contributed by atoms with Crippen molar-refractivity contribution in [1.29, 1.82) is 0 Å². The molecule has 21 heteroatoms. The number of allylic oxidation sites excluding steroid dienone is 2. The fourth-order valence-electron chi connectivity index (χ4n) is 7.72. The number of imide groups is 1. The number of thiophene rings is 1. The summed E-state index contributed by atoms with van der Waals surface area (Å²) in [5.41, 5.74) is 4.28. The van der Waals surface area contributed by atoms with Gasteiger partial charge in [0.1, 0.15) is 17.5 Å². The molecule has 5 heterocycles. The highest BCUT2D eigenvalue weighted by atomic mass is 32.2. The first-order valence-electron chi connectivity index (χ1n) is 21.4. The molecule has 1 saturated heterocycles. The molecular weight excluding hydrogens is 885 g/mol. The van der Waals surface area contributed by atoms with Crippen molar-refractivity contribution in [3.05, 3.63) is 92.6 Å². The largest absolute Gasteiger partial charge is 0.737 e. The average Bonchev–Trinajstić information content (AvgIpc) is 4.03. The Morgan fingerprint density at radius 3 is 2.38 bits per heavy atom. The van der Waals surface area contributed by atoms with E-state index in [-0.39, 0.29) is 58.1 Å². The highest BCUT2D eigenvalue weighted by molar-refractivity contribution is 7.85. The lowest BCUT2D eigenvalue weighted by atomic mass is 9.88. The van der Waals surface area contributed by atoms with Crippen LogP contribution in [0, 0.1) is 6.92 Å².